The van der Waals surface area contributed by atoms with Gasteiger partial charge in [0.25, 0.3) is 0 Å². The first-order valence-corrected chi connectivity index (χ1v) is 11.1. The molecule has 0 spiro atoms. The highest BCUT2D eigenvalue weighted by molar-refractivity contribution is 5.88. The average Bonchev–Trinajstić information content (AvgIpc) is 3.39. The maximum absolute atomic E-state index is 13.6. The van der Waals surface area contributed by atoms with Gasteiger partial charge in [-0.05, 0) is 56.1 Å². The summed E-state index contributed by atoms with van der Waals surface area (Å²) in [6, 6.07) is 10.7. The highest BCUT2D eigenvalue weighted by Crippen LogP contribution is 2.34. The third-order valence-electron chi connectivity index (χ3n) is 6.77. The SMILES string of the molecule is Cc1ccc2c(c1)c1c(n2CC(C(=O)N2CCCC2)c2cccnc2)CCN(C)C1. The van der Waals surface area contributed by atoms with Crippen LogP contribution in [0.2, 0.25) is 0 Å². The van der Waals surface area contributed by atoms with E-state index >= 15 is 0 Å². The minimum atomic E-state index is -0.197. The molecule has 156 valence electrons. The first kappa shape index (κ1) is 19.3. The van der Waals surface area contributed by atoms with Gasteiger partial charge in [0.2, 0.25) is 5.91 Å². The molecule has 1 aromatic carbocycles. The Morgan fingerprint density at radius 2 is 2.00 bits per heavy atom. The summed E-state index contributed by atoms with van der Waals surface area (Å²) in [6.07, 6.45) is 6.90. The Bertz CT molecular complexity index is 1070. The topological polar surface area (TPSA) is 41.4 Å². The van der Waals surface area contributed by atoms with Gasteiger partial charge >= 0.3 is 0 Å². The number of hydrogen-bond donors (Lipinski definition) is 0. The molecule has 0 aliphatic carbocycles. The predicted octanol–water partition coefficient (Wildman–Crippen LogP) is 3.74. The van der Waals surface area contributed by atoms with Crippen LogP contribution in [-0.2, 0) is 24.3 Å². The van der Waals surface area contributed by atoms with Gasteiger partial charge in [-0.2, -0.15) is 0 Å². The van der Waals surface area contributed by atoms with Crippen molar-refractivity contribution in [3.05, 3.63) is 65.1 Å². The molecule has 1 fully saturated rings. The molecule has 1 amide bonds. The van der Waals surface area contributed by atoms with E-state index in [4.69, 9.17) is 0 Å². The molecule has 0 radical (unpaired) electrons. The number of nitrogens with zero attached hydrogens (tertiary/aromatic N) is 4. The Morgan fingerprint density at radius 1 is 1.17 bits per heavy atom. The maximum atomic E-state index is 13.6. The van der Waals surface area contributed by atoms with Crippen LogP contribution in [0.3, 0.4) is 0 Å². The van der Waals surface area contributed by atoms with Crippen LogP contribution < -0.4 is 0 Å². The van der Waals surface area contributed by atoms with E-state index in [0.717, 1.165) is 51.0 Å². The number of benzene rings is 1. The van der Waals surface area contributed by atoms with Crippen LogP contribution in [-0.4, -0.2) is 51.9 Å². The van der Waals surface area contributed by atoms with Crippen molar-refractivity contribution in [3.8, 4) is 0 Å². The summed E-state index contributed by atoms with van der Waals surface area (Å²) < 4.78 is 2.43. The summed E-state index contributed by atoms with van der Waals surface area (Å²) in [5, 5.41) is 1.34. The van der Waals surface area contributed by atoms with Gasteiger partial charge in [-0.25, -0.2) is 0 Å². The van der Waals surface area contributed by atoms with E-state index in [2.05, 4.69) is 52.7 Å². The summed E-state index contributed by atoms with van der Waals surface area (Å²) in [5.41, 5.74) is 6.39. The van der Waals surface area contributed by atoms with E-state index in [-0.39, 0.29) is 11.8 Å². The lowest BCUT2D eigenvalue weighted by Gasteiger charge is -2.27. The molecule has 2 aliphatic rings. The zero-order chi connectivity index (χ0) is 20.7. The van der Waals surface area contributed by atoms with Crippen LogP contribution in [0.4, 0.5) is 0 Å². The molecule has 0 N–H and O–H groups in total. The van der Waals surface area contributed by atoms with Gasteiger partial charge in [0.05, 0.1) is 5.92 Å². The smallest absolute Gasteiger partial charge is 0.231 e. The Balaban J connectivity index is 1.60. The van der Waals surface area contributed by atoms with Crippen molar-refractivity contribution in [2.45, 2.75) is 45.2 Å². The Kier molecular flexibility index (Phi) is 5.07. The second-order valence-electron chi connectivity index (χ2n) is 8.92. The number of hydrogen-bond acceptors (Lipinski definition) is 3. The van der Waals surface area contributed by atoms with Crippen LogP contribution in [0.25, 0.3) is 10.9 Å². The van der Waals surface area contributed by atoms with Crippen molar-refractivity contribution in [2.24, 2.45) is 0 Å². The molecule has 3 aromatic rings. The number of carbonyl (C=O) groups excluding carboxylic acids is 1. The number of pyridine rings is 1. The van der Waals surface area contributed by atoms with E-state index in [0.29, 0.717) is 6.54 Å². The summed E-state index contributed by atoms with van der Waals surface area (Å²) in [4.78, 5) is 22.3. The molecule has 5 rings (SSSR count). The van der Waals surface area contributed by atoms with Crippen molar-refractivity contribution in [1.82, 2.24) is 19.4 Å². The molecule has 2 aliphatic heterocycles. The number of likely N-dealkylation sites (N-methyl/N-ethyl adjacent to an activating group) is 1. The normalized spacial score (nSPS) is 18.0. The lowest BCUT2D eigenvalue weighted by molar-refractivity contribution is -0.132. The number of aryl methyl sites for hydroxylation is 1. The van der Waals surface area contributed by atoms with Gasteiger partial charge in [-0.3, -0.25) is 9.78 Å². The van der Waals surface area contributed by atoms with Crippen molar-refractivity contribution in [3.63, 3.8) is 0 Å². The van der Waals surface area contributed by atoms with Crippen molar-refractivity contribution in [1.29, 1.82) is 0 Å². The fraction of sp³-hybridized carbons (Fsp3) is 0.440. The molecule has 4 heterocycles. The lowest BCUT2D eigenvalue weighted by Crippen LogP contribution is -2.35. The van der Waals surface area contributed by atoms with Crippen LogP contribution in [0.15, 0.2) is 42.7 Å². The predicted molar refractivity (Wildman–Crippen MR) is 120 cm³/mol. The molecule has 0 saturated carbocycles. The summed E-state index contributed by atoms with van der Waals surface area (Å²) in [7, 11) is 2.19. The number of rotatable bonds is 4. The third kappa shape index (κ3) is 3.41. The lowest BCUT2D eigenvalue weighted by atomic mass is 9.98. The number of fused-ring (bicyclic) bond motifs is 3. The van der Waals surface area contributed by atoms with Crippen molar-refractivity contribution < 1.29 is 4.79 Å². The first-order valence-electron chi connectivity index (χ1n) is 11.1. The van der Waals surface area contributed by atoms with Crippen LogP contribution in [0, 0.1) is 6.92 Å². The van der Waals surface area contributed by atoms with Gasteiger partial charge in [-0.15, -0.1) is 0 Å². The Morgan fingerprint density at radius 3 is 2.77 bits per heavy atom. The molecule has 0 bridgehead atoms. The van der Waals surface area contributed by atoms with Gasteiger partial charge in [-0.1, -0.05) is 17.7 Å². The van der Waals surface area contributed by atoms with Gasteiger partial charge < -0.3 is 14.4 Å². The first-order chi connectivity index (χ1) is 14.6. The van der Waals surface area contributed by atoms with Gasteiger partial charge in [0, 0.05) is 68.1 Å². The van der Waals surface area contributed by atoms with Crippen LogP contribution in [0.5, 0.6) is 0 Å². The zero-order valence-electron chi connectivity index (χ0n) is 18.0. The van der Waals surface area contributed by atoms with Gasteiger partial charge in [0.1, 0.15) is 0 Å². The highest BCUT2D eigenvalue weighted by Gasteiger charge is 2.31. The van der Waals surface area contributed by atoms with Crippen LogP contribution in [0.1, 0.15) is 41.1 Å². The van der Waals surface area contributed by atoms with E-state index in [1.165, 1.54) is 27.7 Å². The highest BCUT2D eigenvalue weighted by atomic mass is 16.2. The molecule has 1 saturated heterocycles. The van der Waals surface area contributed by atoms with E-state index in [1.54, 1.807) is 6.20 Å². The number of amides is 1. The molecular weight excluding hydrogens is 372 g/mol. The third-order valence-corrected chi connectivity index (χ3v) is 6.77. The quantitative estimate of drug-likeness (QED) is 0.668. The fourth-order valence-corrected chi connectivity index (χ4v) is 5.16. The minimum absolute atomic E-state index is 0.197. The number of carbonyl (C=O) groups is 1. The van der Waals surface area contributed by atoms with Crippen LogP contribution >= 0.6 is 0 Å². The number of likely N-dealkylation sites (tertiary alicyclic amines) is 1. The standard InChI is InChI=1S/C25H30N4O/c1-18-7-8-23-20(14-18)22-16-27(2)13-9-24(22)29(23)17-21(19-6-5-10-26-15-19)25(30)28-11-3-4-12-28/h5-8,10,14-15,21H,3-4,9,11-13,16-17H2,1-2H3. The molecule has 5 heteroatoms. The van der Waals surface area contributed by atoms with Gasteiger partial charge in [0.15, 0.2) is 0 Å². The Hall–Kier alpha value is -2.66. The van der Waals surface area contributed by atoms with E-state index in [1.807, 2.05) is 17.2 Å². The second kappa shape index (κ2) is 7.88. The van der Waals surface area contributed by atoms with Crippen molar-refractivity contribution >= 4 is 16.8 Å². The molecule has 2 aromatic heterocycles. The van der Waals surface area contributed by atoms with E-state index in [9.17, 15) is 4.79 Å². The molecule has 1 unspecified atom stereocenters. The fourth-order valence-electron chi connectivity index (χ4n) is 5.16. The second-order valence-corrected chi connectivity index (χ2v) is 8.92. The Labute approximate surface area is 178 Å². The molecule has 5 nitrogen and oxygen atoms in total. The monoisotopic (exact) mass is 402 g/mol. The molecule has 30 heavy (non-hydrogen) atoms. The summed E-state index contributed by atoms with van der Waals surface area (Å²) >= 11 is 0. The summed E-state index contributed by atoms with van der Waals surface area (Å²) in [6.45, 7) is 6.62. The van der Waals surface area contributed by atoms with Crippen molar-refractivity contribution in [2.75, 3.05) is 26.7 Å². The van der Waals surface area contributed by atoms with E-state index < -0.39 is 0 Å². The zero-order valence-corrected chi connectivity index (χ0v) is 18.0. The minimum Gasteiger partial charge on any atom is -0.343 e. The summed E-state index contributed by atoms with van der Waals surface area (Å²) in [5.74, 6) is 0.0496. The number of aromatic nitrogens is 2. The average molecular weight is 403 g/mol. The largest absolute Gasteiger partial charge is 0.343 e. The molecular formula is C25H30N4O. The molecule has 1 atom stereocenters. The maximum Gasteiger partial charge on any atom is 0.231 e.